The van der Waals surface area contributed by atoms with Gasteiger partial charge in [0.2, 0.25) is 0 Å². The molecule has 0 heterocycles. The second-order valence-electron chi connectivity index (χ2n) is 9.79. The zero-order valence-corrected chi connectivity index (χ0v) is 23.0. The molecule has 0 aliphatic carbocycles. The predicted octanol–water partition coefficient (Wildman–Crippen LogP) is 7.29. The molecule has 0 aromatic rings. The second-order valence-corrected chi connectivity index (χ2v) is 11.2. The monoisotopic (exact) mass is 496 g/mol. The topological polar surface area (TPSA) is 123 Å². The summed E-state index contributed by atoms with van der Waals surface area (Å²) in [5.41, 5.74) is -1.16. The minimum Gasteiger partial charge on any atom is -0.388 e. The van der Waals surface area contributed by atoms with Crippen molar-refractivity contribution >= 4 is 7.82 Å². The first-order chi connectivity index (χ1) is 15.3. The van der Waals surface area contributed by atoms with E-state index in [2.05, 4.69) is 12.2 Å². The van der Waals surface area contributed by atoms with Gasteiger partial charge in [-0.15, -0.1) is 0 Å². The smallest absolute Gasteiger partial charge is 0.388 e. The van der Waals surface area contributed by atoms with E-state index in [1.165, 1.54) is 117 Å². The van der Waals surface area contributed by atoms with Crippen LogP contribution in [0.1, 0.15) is 130 Å². The largest absolute Gasteiger partial charge is 0.472 e. The van der Waals surface area contributed by atoms with Crippen molar-refractivity contribution in [1.82, 2.24) is 11.5 Å². The third-order valence-corrected chi connectivity index (χ3v) is 6.50. The molecule has 0 bridgehead atoms. The number of hydrogen-bond donors (Lipinski definition) is 4. The van der Waals surface area contributed by atoms with Crippen molar-refractivity contribution in [2.75, 3.05) is 26.3 Å². The van der Waals surface area contributed by atoms with Crippen LogP contribution < -0.4 is 11.5 Å². The Balaban J connectivity index is 0. The lowest BCUT2D eigenvalue weighted by Crippen LogP contribution is -2.25. The zero-order valence-electron chi connectivity index (χ0n) is 22.1. The molecule has 7 nitrogen and oxygen atoms in total. The van der Waals surface area contributed by atoms with E-state index in [0.717, 1.165) is 13.1 Å². The van der Waals surface area contributed by atoms with Crippen molar-refractivity contribution < 1.29 is 23.6 Å². The number of rotatable bonds is 25. The lowest BCUT2D eigenvalue weighted by Gasteiger charge is -2.19. The molecule has 6 N–H and O–H groups in total. The van der Waals surface area contributed by atoms with Gasteiger partial charge in [0.1, 0.15) is 0 Å². The summed E-state index contributed by atoms with van der Waals surface area (Å²) in [5, 5.41) is 12.8. The van der Waals surface area contributed by atoms with E-state index in [0.29, 0.717) is 6.42 Å². The molecule has 0 aromatic heterocycles. The molecular weight excluding hydrogens is 439 g/mol. The lowest BCUT2D eigenvalue weighted by atomic mass is 10.0. The Morgan fingerprint density at radius 1 is 0.697 bits per heavy atom. The third-order valence-electron chi connectivity index (χ3n) is 5.54. The van der Waals surface area contributed by atoms with Crippen LogP contribution in [0.15, 0.2) is 0 Å². The maximum Gasteiger partial charge on any atom is 0.472 e. The van der Waals surface area contributed by atoms with Crippen LogP contribution in [0.25, 0.3) is 0 Å². The summed E-state index contributed by atoms with van der Waals surface area (Å²) in [6.07, 6.45) is 22.7. The van der Waals surface area contributed by atoms with Crippen LogP contribution in [-0.4, -0.2) is 41.9 Å². The van der Waals surface area contributed by atoms with Crippen molar-refractivity contribution in [2.24, 2.45) is 0 Å². The molecule has 1 atom stereocenters. The van der Waals surface area contributed by atoms with Crippen molar-refractivity contribution in [2.45, 2.75) is 136 Å². The van der Waals surface area contributed by atoms with Gasteiger partial charge in [0, 0.05) is 0 Å². The first-order valence-corrected chi connectivity index (χ1v) is 14.8. The number of phosphoric acid groups is 1. The molecule has 0 saturated carbocycles. The first-order valence-electron chi connectivity index (χ1n) is 13.3. The Labute approximate surface area is 205 Å². The van der Waals surface area contributed by atoms with Crippen LogP contribution in [0.3, 0.4) is 0 Å². The minimum atomic E-state index is -4.07. The summed E-state index contributed by atoms with van der Waals surface area (Å²) < 4.78 is 21.3. The van der Waals surface area contributed by atoms with E-state index in [1.54, 1.807) is 0 Å². The van der Waals surface area contributed by atoms with Gasteiger partial charge in [-0.05, 0) is 39.8 Å². The lowest BCUT2D eigenvalue weighted by molar-refractivity contribution is 0.0114. The van der Waals surface area contributed by atoms with Gasteiger partial charge < -0.3 is 21.5 Å². The van der Waals surface area contributed by atoms with Crippen LogP contribution >= 0.6 is 7.82 Å². The van der Waals surface area contributed by atoms with Crippen molar-refractivity contribution in [3.63, 3.8) is 0 Å². The standard InChI is InChI=1S/C25H54NO5P.H3N/c1-4-5-6-7-8-9-10-11-12-13-14-15-16-17-18-19-21-26-22-20-23-30-32(28,29)31-24-25(2,3)27;/h26-27H,4-24H2,1-3H3,(H,28,29);1H3. The second kappa shape index (κ2) is 23.7. The van der Waals surface area contributed by atoms with Gasteiger partial charge in [-0.2, -0.15) is 0 Å². The van der Waals surface area contributed by atoms with Gasteiger partial charge in [0.05, 0.1) is 18.8 Å². The van der Waals surface area contributed by atoms with Gasteiger partial charge in [-0.25, -0.2) is 4.57 Å². The van der Waals surface area contributed by atoms with Crippen LogP contribution in [0.2, 0.25) is 0 Å². The zero-order chi connectivity index (χ0) is 24.0. The third kappa shape index (κ3) is 30.0. The fraction of sp³-hybridized carbons (Fsp3) is 1.00. The van der Waals surface area contributed by atoms with Gasteiger partial charge in [-0.1, -0.05) is 103 Å². The Kier molecular flexibility index (Phi) is 25.3. The Bertz CT molecular complexity index is 447. The maximum atomic E-state index is 11.6. The molecule has 0 rings (SSSR count). The summed E-state index contributed by atoms with van der Waals surface area (Å²) >= 11 is 0. The summed E-state index contributed by atoms with van der Waals surface area (Å²) in [7, 11) is -4.07. The number of hydrogen-bond acceptors (Lipinski definition) is 6. The molecule has 0 radical (unpaired) electrons. The number of phosphoric ester groups is 1. The van der Waals surface area contributed by atoms with E-state index in [1.807, 2.05) is 0 Å². The molecule has 33 heavy (non-hydrogen) atoms. The minimum absolute atomic E-state index is 0. The van der Waals surface area contributed by atoms with Gasteiger partial charge in [0.25, 0.3) is 0 Å². The van der Waals surface area contributed by atoms with Gasteiger partial charge in [0.15, 0.2) is 0 Å². The molecule has 0 saturated heterocycles. The molecule has 0 spiro atoms. The number of aliphatic hydroxyl groups is 1. The fourth-order valence-corrected chi connectivity index (χ4v) is 4.49. The van der Waals surface area contributed by atoms with Crippen molar-refractivity contribution in [1.29, 1.82) is 0 Å². The molecule has 202 valence electrons. The highest BCUT2D eigenvalue weighted by Crippen LogP contribution is 2.43. The van der Waals surface area contributed by atoms with Gasteiger partial charge >= 0.3 is 7.82 Å². The van der Waals surface area contributed by atoms with Crippen LogP contribution in [0, 0.1) is 0 Å². The molecule has 0 amide bonds. The highest BCUT2D eigenvalue weighted by molar-refractivity contribution is 7.47. The average molecular weight is 497 g/mol. The SMILES string of the molecule is CCCCCCCCCCCCCCCCCCNCCCOP(=O)(O)OCC(C)(C)O.N. The van der Waals surface area contributed by atoms with Crippen molar-refractivity contribution in [3.05, 3.63) is 0 Å². The van der Waals surface area contributed by atoms with E-state index in [4.69, 9.17) is 9.05 Å². The normalized spacial score (nSPS) is 13.6. The fourth-order valence-electron chi connectivity index (χ4n) is 3.58. The Hall–Kier alpha value is -0.0100. The summed E-state index contributed by atoms with van der Waals surface area (Å²) in [6, 6.07) is 0. The van der Waals surface area contributed by atoms with E-state index in [-0.39, 0.29) is 19.4 Å². The molecular formula is C25H57N2O5P. The molecule has 0 aromatic carbocycles. The Morgan fingerprint density at radius 3 is 1.52 bits per heavy atom. The predicted molar refractivity (Wildman–Crippen MR) is 140 cm³/mol. The van der Waals surface area contributed by atoms with E-state index < -0.39 is 13.4 Å². The molecule has 8 heteroatoms. The number of unbranched alkanes of at least 4 members (excludes halogenated alkanes) is 15. The number of nitrogens with one attached hydrogen (secondary N) is 1. The molecule has 0 aliphatic rings. The maximum absolute atomic E-state index is 11.6. The molecule has 0 aliphatic heterocycles. The summed E-state index contributed by atoms with van der Waals surface area (Å²) in [4.78, 5) is 9.52. The molecule has 1 unspecified atom stereocenters. The van der Waals surface area contributed by atoms with Crippen LogP contribution in [0.4, 0.5) is 0 Å². The van der Waals surface area contributed by atoms with Crippen LogP contribution in [-0.2, 0) is 13.6 Å². The highest BCUT2D eigenvalue weighted by atomic mass is 31.2. The molecule has 0 fully saturated rings. The van der Waals surface area contributed by atoms with E-state index in [9.17, 15) is 14.6 Å². The van der Waals surface area contributed by atoms with E-state index >= 15 is 0 Å². The summed E-state index contributed by atoms with van der Waals surface area (Å²) in [6.45, 7) is 6.95. The van der Waals surface area contributed by atoms with Crippen molar-refractivity contribution in [3.8, 4) is 0 Å². The first kappa shape index (κ1) is 35.2. The average Bonchev–Trinajstić information content (AvgIpc) is 2.73. The summed E-state index contributed by atoms with van der Waals surface area (Å²) in [5.74, 6) is 0. The van der Waals surface area contributed by atoms with Gasteiger partial charge in [-0.3, -0.25) is 9.05 Å². The van der Waals surface area contributed by atoms with Crippen LogP contribution in [0.5, 0.6) is 0 Å². The quantitative estimate of drug-likeness (QED) is 0.0772. The Morgan fingerprint density at radius 2 is 1.09 bits per heavy atom. The highest BCUT2D eigenvalue weighted by Gasteiger charge is 2.25.